The largest absolute Gasteiger partial charge is 1.00 e. The van der Waals surface area contributed by atoms with Crippen molar-refractivity contribution in [2.24, 2.45) is 0 Å². The fourth-order valence-electron chi connectivity index (χ4n) is 1.41. The van der Waals surface area contributed by atoms with E-state index in [2.05, 4.69) is 5.32 Å². The van der Waals surface area contributed by atoms with Crippen molar-refractivity contribution >= 4 is 15.8 Å². The number of benzene rings is 1. The Labute approximate surface area is 125 Å². The van der Waals surface area contributed by atoms with E-state index in [4.69, 9.17) is 0 Å². The van der Waals surface area contributed by atoms with Crippen LogP contribution in [0.1, 0.15) is 17.5 Å². The van der Waals surface area contributed by atoms with E-state index in [-0.39, 0.29) is 35.3 Å². The van der Waals surface area contributed by atoms with Crippen LogP contribution in [0.25, 0.3) is 0 Å². The number of hydrogen-bond donors (Lipinski definition) is 1. The second-order valence-electron chi connectivity index (χ2n) is 3.79. The van der Waals surface area contributed by atoms with E-state index in [1.165, 1.54) is 5.56 Å². The van der Waals surface area contributed by atoms with Gasteiger partial charge in [0.15, 0.2) is 0 Å². The molecule has 17 heavy (non-hydrogen) atoms. The fraction of sp³-hybridized carbons (Fsp3) is 0.455. The van der Waals surface area contributed by atoms with Crippen LogP contribution in [0.4, 0.5) is 5.69 Å². The molecule has 0 amide bonds. The molecule has 0 unspecified atom stereocenters. The Morgan fingerprint density at radius 3 is 2.53 bits per heavy atom. The predicted octanol–water partition coefficient (Wildman–Crippen LogP) is -1.35. The van der Waals surface area contributed by atoms with Gasteiger partial charge in [-0.2, -0.15) is 0 Å². The number of hydrogen-bond acceptors (Lipinski definition) is 4. The van der Waals surface area contributed by atoms with Gasteiger partial charge in [-0.3, -0.25) is 0 Å². The van der Waals surface area contributed by atoms with Gasteiger partial charge in [-0.15, -0.1) is 0 Å². The SMILES string of the molecule is Cc1cccc(NCCCS(=O)(=O)[O-])c1C.[Na+]. The molecular weight excluding hydrogens is 249 g/mol. The molecule has 0 aromatic heterocycles. The van der Waals surface area contributed by atoms with Gasteiger partial charge in [0.05, 0.1) is 10.1 Å². The molecule has 0 heterocycles. The van der Waals surface area contributed by atoms with Gasteiger partial charge in [0.25, 0.3) is 0 Å². The minimum Gasteiger partial charge on any atom is -0.748 e. The fourth-order valence-corrected chi connectivity index (χ4v) is 1.91. The maximum absolute atomic E-state index is 10.4. The molecule has 1 aromatic rings. The Morgan fingerprint density at radius 1 is 1.29 bits per heavy atom. The summed E-state index contributed by atoms with van der Waals surface area (Å²) in [5.41, 5.74) is 3.32. The molecule has 4 nitrogen and oxygen atoms in total. The summed E-state index contributed by atoms with van der Waals surface area (Å²) in [5.74, 6) is -0.315. The maximum Gasteiger partial charge on any atom is 1.00 e. The Morgan fingerprint density at radius 2 is 1.94 bits per heavy atom. The molecule has 1 N–H and O–H groups in total. The zero-order valence-corrected chi connectivity index (χ0v) is 13.3. The average molecular weight is 265 g/mol. The first-order valence-electron chi connectivity index (χ1n) is 5.14. The summed E-state index contributed by atoms with van der Waals surface area (Å²) in [4.78, 5) is 0. The predicted molar refractivity (Wildman–Crippen MR) is 63.6 cm³/mol. The minimum atomic E-state index is -4.09. The Kier molecular flexibility index (Phi) is 7.35. The molecule has 1 rings (SSSR count). The van der Waals surface area contributed by atoms with Crippen LogP contribution in [0.5, 0.6) is 0 Å². The summed E-state index contributed by atoms with van der Waals surface area (Å²) >= 11 is 0. The number of nitrogens with one attached hydrogen (secondary N) is 1. The minimum absolute atomic E-state index is 0. The van der Waals surface area contributed by atoms with E-state index in [0.717, 1.165) is 11.3 Å². The zero-order valence-electron chi connectivity index (χ0n) is 10.5. The van der Waals surface area contributed by atoms with Crippen molar-refractivity contribution in [2.45, 2.75) is 20.3 Å². The monoisotopic (exact) mass is 265 g/mol. The van der Waals surface area contributed by atoms with Crippen molar-refractivity contribution in [1.82, 2.24) is 0 Å². The van der Waals surface area contributed by atoms with Crippen molar-refractivity contribution in [3.63, 3.8) is 0 Å². The summed E-state index contributed by atoms with van der Waals surface area (Å²) in [6.07, 6.45) is 0.333. The molecule has 0 atom stereocenters. The zero-order chi connectivity index (χ0) is 12.2. The van der Waals surface area contributed by atoms with Gasteiger partial charge >= 0.3 is 29.6 Å². The summed E-state index contributed by atoms with van der Waals surface area (Å²) in [6.45, 7) is 4.51. The average Bonchev–Trinajstić information content (AvgIpc) is 2.17. The van der Waals surface area contributed by atoms with Crippen molar-refractivity contribution in [3.05, 3.63) is 29.3 Å². The van der Waals surface area contributed by atoms with Gasteiger partial charge in [0.1, 0.15) is 0 Å². The van der Waals surface area contributed by atoms with Gasteiger partial charge in [-0.25, -0.2) is 8.42 Å². The van der Waals surface area contributed by atoms with Crippen LogP contribution in [0.15, 0.2) is 18.2 Å². The molecule has 0 fully saturated rings. The van der Waals surface area contributed by atoms with Crippen LogP contribution in [-0.4, -0.2) is 25.3 Å². The van der Waals surface area contributed by atoms with Crippen molar-refractivity contribution in [1.29, 1.82) is 0 Å². The van der Waals surface area contributed by atoms with Gasteiger partial charge in [-0.05, 0) is 37.5 Å². The van der Waals surface area contributed by atoms with E-state index in [1.54, 1.807) is 0 Å². The van der Waals surface area contributed by atoms with E-state index in [0.29, 0.717) is 13.0 Å². The topological polar surface area (TPSA) is 69.2 Å². The Hall–Kier alpha value is -0.0700. The third kappa shape index (κ3) is 6.43. The van der Waals surface area contributed by atoms with Crippen LogP contribution in [0, 0.1) is 13.8 Å². The molecule has 0 saturated heterocycles. The third-order valence-electron chi connectivity index (χ3n) is 2.49. The maximum atomic E-state index is 10.4. The molecule has 0 radical (unpaired) electrons. The molecule has 0 saturated carbocycles. The van der Waals surface area contributed by atoms with Crippen molar-refractivity contribution in [3.8, 4) is 0 Å². The summed E-state index contributed by atoms with van der Waals surface area (Å²) in [7, 11) is -4.09. The molecule has 6 heteroatoms. The van der Waals surface area contributed by atoms with E-state index in [9.17, 15) is 13.0 Å². The Bertz CT molecular complexity index is 460. The number of aryl methyl sites for hydroxylation is 1. The third-order valence-corrected chi connectivity index (χ3v) is 3.28. The molecule has 1 aromatic carbocycles. The molecule has 0 bridgehead atoms. The van der Waals surface area contributed by atoms with Crippen LogP contribution >= 0.6 is 0 Å². The van der Waals surface area contributed by atoms with E-state index < -0.39 is 10.1 Å². The molecule has 0 aliphatic heterocycles. The second kappa shape index (κ2) is 7.38. The molecule has 0 aliphatic rings. The van der Waals surface area contributed by atoms with Gasteiger partial charge in [-0.1, -0.05) is 12.1 Å². The Balaban J connectivity index is 0.00000256. The first kappa shape index (κ1) is 16.9. The first-order valence-corrected chi connectivity index (χ1v) is 6.71. The molecule has 90 valence electrons. The molecule has 0 aliphatic carbocycles. The summed E-state index contributed by atoms with van der Waals surface area (Å²) in [5, 5.41) is 3.12. The van der Waals surface area contributed by atoms with Crippen LogP contribution in [0.2, 0.25) is 0 Å². The molecule has 0 spiro atoms. The van der Waals surface area contributed by atoms with Crippen LogP contribution in [0.3, 0.4) is 0 Å². The standard InChI is InChI=1S/C11H17NO3S.Na/c1-9-5-3-6-11(10(9)2)12-7-4-8-16(13,14)15;/h3,5-6,12H,4,7-8H2,1-2H3,(H,13,14,15);/q;+1/p-1. The van der Waals surface area contributed by atoms with Gasteiger partial charge < -0.3 is 9.87 Å². The number of rotatable bonds is 5. The molecular formula is C11H16NNaO3S. The quantitative estimate of drug-likeness (QED) is 0.406. The van der Waals surface area contributed by atoms with Crippen molar-refractivity contribution < 1.29 is 42.5 Å². The first-order chi connectivity index (χ1) is 7.40. The van der Waals surface area contributed by atoms with E-state index >= 15 is 0 Å². The summed E-state index contributed by atoms with van der Waals surface area (Å²) < 4.78 is 31.1. The number of anilines is 1. The summed E-state index contributed by atoms with van der Waals surface area (Å²) in [6, 6.07) is 5.89. The normalized spacial score (nSPS) is 10.8. The van der Waals surface area contributed by atoms with Crippen molar-refractivity contribution in [2.75, 3.05) is 17.6 Å². The second-order valence-corrected chi connectivity index (χ2v) is 5.31. The van der Waals surface area contributed by atoms with Crippen LogP contribution in [-0.2, 0) is 10.1 Å². The van der Waals surface area contributed by atoms with Gasteiger partial charge in [0, 0.05) is 18.0 Å². The van der Waals surface area contributed by atoms with Crippen LogP contribution < -0.4 is 34.9 Å². The van der Waals surface area contributed by atoms with E-state index in [1.807, 2.05) is 32.0 Å². The van der Waals surface area contributed by atoms with Gasteiger partial charge in [0.2, 0.25) is 0 Å². The smallest absolute Gasteiger partial charge is 0.748 e.